The highest BCUT2D eigenvalue weighted by Crippen LogP contribution is 2.41. The summed E-state index contributed by atoms with van der Waals surface area (Å²) in [7, 11) is 0. The molecule has 4 aromatic heterocycles. The van der Waals surface area contributed by atoms with Gasteiger partial charge < -0.3 is 13.4 Å². The Morgan fingerprint density at radius 1 is 0.351 bits per heavy atom. The summed E-state index contributed by atoms with van der Waals surface area (Å²) >= 11 is 0. The van der Waals surface area contributed by atoms with Crippen molar-refractivity contribution in [1.29, 1.82) is 0 Å². The molecule has 0 aliphatic rings. The number of fused-ring (bicyclic) bond motifs is 9. The summed E-state index contributed by atoms with van der Waals surface area (Å²) in [5, 5.41) is 6.62. The summed E-state index contributed by atoms with van der Waals surface area (Å²) < 4.78 is 15.4. The van der Waals surface area contributed by atoms with Crippen LogP contribution in [0.25, 0.3) is 117 Å². The third-order valence-corrected chi connectivity index (χ3v) is 11.1. The molecule has 12 rings (SSSR count). The fourth-order valence-corrected chi connectivity index (χ4v) is 8.46. The summed E-state index contributed by atoms with van der Waals surface area (Å²) in [4.78, 5) is 15.1. The molecule has 0 aliphatic heterocycles. The minimum atomic E-state index is 0.541. The molecule has 0 unspecified atom stereocenters. The molecule has 57 heavy (non-hydrogen) atoms. The highest BCUT2D eigenvalue weighted by atomic mass is 16.3. The smallest absolute Gasteiger partial charge is 0.167 e. The van der Waals surface area contributed by atoms with Crippen molar-refractivity contribution >= 4 is 65.7 Å². The van der Waals surface area contributed by atoms with E-state index in [-0.39, 0.29) is 0 Å². The predicted octanol–water partition coefficient (Wildman–Crippen LogP) is 13.4. The summed E-state index contributed by atoms with van der Waals surface area (Å²) in [5.74, 6) is 1.67. The Balaban J connectivity index is 1.02. The van der Waals surface area contributed by atoms with Crippen molar-refractivity contribution in [2.75, 3.05) is 0 Å². The van der Waals surface area contributed by atoms with Gasteiger partial charge in [0.05, 0.1) is 16.6 Å². The Bertz CT molecular complexity index is 3530. The van der Waals surface area contributed by atoms with Crippen molar-refractivity contribution in [3.05, 3.63) is 182 Å². The first kappa shape index (κ1) is 31.5. The van der Waals surface area contributed by atoms with Crippen LogP contribution < -0.4 is 0 Å². The summed E-state index contributed by atoms with van der Waals surface area (Å²) in [6, 6.07) is 62.8. The fourth-order valence-electron chi connectivity index (χ4n) is 8.46. The summed E-state index contributed by atoms with van der Waals surface area (Å²) in [5.41, 5.74) is 11.4. The first-order valence-electron chi connectivity index (χ1n) is 19.0. The van der Waals surface area contributed by atoms with Gasteiger partial charge in [-0.1, -0.05) is 127 Å². The Morgan fingerprint density at radius 3 is 1.86 bits per heavy atom. The number of nitrogens with zero attached hydrogens (tertiary/aromatic N) is 4. The van der Waals surface area contributed by atoms with Crippen molar-refractivity contribution in [2.45, 2.75) is 0 Å². The number of para-hydroxylation sites is 4. The fraction of sp³-hybridized carbons (Fsp3) is 0. The van der Waals surface area contributed by atoms with Gasteiger partial charge >= 0.3 is 0 Å². The number of furan rings is 2. The van der Waals surface area contributed by atoms with Crippen molar-refractivity contribution in [2.24, 2.45) is 0 Å². The minimum absolute atomic E-state index is 0.541. The molecule has 0 spiro atoms. The van der Waals surface area contributed by atoms with Crippen LogP contribution in [0.4, 0.5) is 0 Å². The van der Waals surface area contributed by atoms with E-state index in [0.717, 1.165) is 82.9 Å². The first-order chi connectivity index (χ1) is 28.2. The average molecular weight is 731 g/mol. The molecule has 0 saturated carbocycles. The molecule has 12 aromatic rings. The van der Waals surface area contributed by atoms with E-state index in [1.165, 1.54) is 16.3 Å². The van der Waals surface area contributed by atoms with Crippen molar-refractivity contribution in [3.8, 4) is 51.0 Å². The van der Waals surface area contributed by atoms with E-state index in [2.05, 4.69) is 114 Å². The zero-order valence-corrected chi connectivity index (χ0v) is 30.4. The van der Waals surface area contributed by atoms with E-state index in [1.54, 1.807) is 0 Å². The Hall–Kier alpha value is -7.83. The lowest BCUT2D eigenvalue weighted by Gasteiger charge is -2.10. The maximum absolute atomic E-state index is 6.64. The van der Waals surface area contributed by atoms with Gasteiger partial charge in [-0.15, -0.1) is 0 Å². The van der Waals surface area contributed by atoms with Gasteiger partial charge in [0.2, 0.25) is 0 Å². The largest absolute Gasteiger partial charge is 0.456 e. The van der Waals surface area contributed by atoms with Gasteiger partial charge in [0.25, 0.3) is 0 Å². The summed E-state index contributed by atoms with van der Waals surface area (Å²) in [6.45, 7) is 0. The molecule has 0 saturated heterocycles. The van der Waals surface area contributed by atoms with Crippen LogP contribution in [0.5, 0.6) is 0 Å². The van der Waals surface area contributed by atoms with Gasteiger partial charge in [-0.25, -0.2) is 15.0 Å². The van der Waals surface area contributed by atoms with E-state index in [0.29, 0.717) is 17.5 Å². The number of aromatic nitrogens is 4. The standard InChI is InChI=1S/C51H30N4O2/c1-3-13-31(14-4-1)49-52-50(54-51(53-49)41-21-11-20-39-38-18-8-10-23-44(38)57-48(39)41)33-26-28-40-46(30-33)56-45-24-12-19-35(47(40)45)32-25-27-37-36-17-7-9-22-42(36)55(43(37)29-32)34-15-5-2-6-16-34/h1-30H. The van der Waals surface area contributed by atoms with Crippen molar-refractivity contribution < 1.29 is 8.83 Å². The third-order valence-electron chi connectivity index (χ3n) is 11.1. The molecule has 0 atom stereocenters. The van der Waals surface area contributed by atoms with Gasteiger partial charge in [0.1, 0.15) is 22.3 Å². The van der Waals surface area contributed by atoms with Gasteiger partial charge in [0, 0.05) is 49.1 Å². The molecule has 0 N–H and O–H groups in total. The molecule has 0 radical (unpaired) electrons. The lowest BCUT2D eigenvalue weighted by molar-refractivity contribution is 0.668. The predicted molar refractivity (Wildman–Crippen MR) is 230 cm³/mol. The molecule has 6 heteroatoms. The lowest BCUT2D eigenvalue weighted by Crippen LogP contribution is -2.00. The Morgan fingerprint density at radius 2 is 0.982 bits per heavy atom. The SMILES string of the molecule is c1ccc(-c2nc(-c3ccc4c(c3)oc3cccc(-c5ccc6c7ccccc7n(-c7ccccc7)c6c5)c34)nc(-c3cccc4c3oc3ccccc34)n2)cc1. The molecule has 4 heterocycles. The Kier molecular flexibility index (Phi) is 6.83. The normalized spacial score (nSPS) is 11.9. The number of hydrogen-bond donors (Lipinski definition) is 0. The number of rotatable bonds is 5. The van der Waals surface area contributed by atoms with Crippen LogP contribution in [0, 0.1) is 0 Å². The van der Waals surface area contributed by atoms with Crippen LogP contribution in [0.1, 0.15) is 0 Å². The van der Waals surface area contributed by atoms with E-state index >= 15 is 0 Å². The minimum Gasteiger partial charge on any atom is -0.456 e. The maximum Gasteiger partial charge on any atom is 0.167 e. The zero-order valence-electron chi connectivity index (χ0n) is 30.4. The Labute approximate surface area is 325 Å². The monoisotopic (exact) mass is 730 g/mol. The molecule has 0 fully saturated rings. The van der Waals surface area contributed by atoms with Crippen LogP contribution in [-0.4, -0.2) is 19.5 Å². The van der Waals surface area contributed by atoms with Gasteiger partial charge in [-0.2, -0.15) is 0 Å². The quantitative estimate of drug-likeness (QED) is 0.176. The van der Waals surface area contributed by atoms with Gasteiger partial charge in [-0.05, 0) is 65.7 Å². The van der Waals surface area contributed by atoms with Crippen LogP contribution in [-0.2, 0) is 0 Å². The zero-order chi connectivity index (χ0) is 37.5. The highest BCUT2D eigenvalue weighted by Gasteiger charge is 2.20. The molecule has 0 bridgehead atoms. The van der Waals surface area contributed by atoms with Crippen LogP contribution in [0.3, 0.4) is 0 Å². The molecule has 6 nitrogen and oxygen atoms in total. The molecular formula is C51H30N4O2. The van der Waals surface area contributed by atoms with Crippen LogP contribution in [0.2, 0.25) is 0 Å². The molecule has 8 aromatic carbocycles. The molecular weight excluding hydrogens is 701 g/mol. The lowest BCUT2D eigenvalue weighted by atomic mass is 9.98. The van der Waals surface area contributed by atoms with Crippen molar-refractivity contribution in [1.82, 2.24) is 19.5 Å². The highest BCUT2D eigenvalue weighted by molar-refractivity contribution is 6.15. The van der Waals surface area contributed by atoms with E-state index in [9.17, 15) is 0 Å². The number of hydrogen-bond acceptors (Lipinski definition) is 5. The second-order valence-electron chi connectivity index (χ2n) is 14.4. The number of benzene rings is 8. The molecule has 0 aliphatic carbocycles. The van der Waals surface area contributed by atoms with Crippen molar-refractivity contribution in [3.63, 3.8) is 0 Å². The molecule has 0 amide bonds. The van der Waals surface area contributed by atoms with Crippen LogP contribution >= 0.6 is 0 Å². The average Bonchev–Trinajstić information content (AvgIpc) is 3.96. The third kappa shape index (κ3) is 4.94. The van der Waals surface area contributed by atoms with Gasteiger partial charge in [0.15, 0.2) is 17.5 Å². The topological polar surface area (TPSA) is 69.9 Å². The second kappa shape index (κ2) is 12.3. The van der Waals surface area contributed by atoms with Crippen LogP contribution in [0.15, 0.2) is 191 Å². The summed E-state index contributed by atoms with van der Waals surface area (Å²) in [6.07, 6.45) is 0. The van der Waals surface area contributed by atoms with E-state index in [4.69, 9.17) is 23.8 Å². The second-order valence-corrected chi connectivity index (χ2v) is 14.4. The first-order valence-corrected chi connectivity index (χ1v) is 19.0. The van der Waals surface area contributed by atoms with Gasteiger partial charge in [-0.3, -0.25) is 0 Å². The van der Waals surface area contributed by atoms with E-state index in [1.807, 2.05) is 72.8 Å². The maximum atomic E-state index is 6.64. The molecule has 266 valence electrons. The van der Waals surface area contributed by atoms with E-state index < -0.39 is 0 Å².